The lowest BCUT2D eigenvalue weighted by molar-refractivity contribution is 0.370. The third-order valence-electron chi connectivity index (χ3n) is 4.17. The van der Waals surface area contributed by atoms with E-state index in [0.717, 1.165) is 18.5 Å². The largest absolute Gasteiger partial charge is 0.310 e. The van der Waals surface area contributed by atoms with Gasteiger partial charge in [0.05, 0.1) is 0 Å². The van der Waals surface area contributed by atoms with Crippen LogP contribution < -0.4 is 5.32 Å². The summed E-state index contributed by atoms with van der Waals surface area (Å²) < 4.78 is 26.8. The summed E-state index contributed by atoms with van der Waals surface area (Å²) in [6.07, 6.45) is 3.82. The number of hydrogen-bond donors (Lipinski definition) is 1. The zero-order valence-corrected chi connectivity index (χ0v) is 11.0. The Morgan fingerprint density at radius 1 is 1.33 bits per heavy atom. The van der Waals surface area contributed by atoms with E-state index in [1.54, 1.807) is 12.1 Å². The lowest BCUT2D eigenvalue weighted by Crippen LogP contribution is -2.27. The molecule has 1 fully saturated rings. The van der Waals surface area contributed by atoms with Crippen molar-refractivity contribution in [3.05, 3.63) is 35.4 Å². The van der Waals surface area contributed by atoms with Gasteiger partial charge in [0.25, 0.3) is 0 Å². The molecule has 2 rings (SSSR count). The van der Waals surface area contributed by atoms with Crippen molar-refractivity contribution >= 4 is 0 Å². The molecule has 3 unspecified atom stereocenters. The van der Waals surface area contributed by atoms with Crippen LogP contribution in [0.4, 0.5) is 8.78 Å². The van der Waals surface area contributed by atoms with E-state index < -0.39 is 11.6 Å². The van der Waals surface area contributed by atoms with Crippen LogP contribution >= 0.6 is 0 Å². The van der Waals surface area contributed by atoms with Crippen molar-refractivity contribution in [3.63, 3.8) is 0 Å². The Bertz CT molecular complexity index is 405. The molecule has 1 nitrogen and oxygen atoms in total. The molecule has 1 saturated carbocycles. The van der Waals surface area contributed by atoms with Gasteiger partial charge in [-0.2, -0.15) is 0 Å². The Kier molecular flexibility index (Phi) is 4.33. The molecule has 1 aromatic rings. The summed E-state index contributed by atoms with van der Waals surface area (Å²) in [5, 5.41) is 3.33. The Balaban J connectivity index is 1.95. The Morgan fingerprint density at radius 2 is 2.11 bits per heavy atom. The molecule has 0 amide bonds. The van der Waals surface area contributed by atoms with Gasteiger partial charge in [0.2, 0.25) is 0 Å². The number of halogens is 2. The summed E-state index contributed by atoms with van der Waals surface area (Å²) in [6.45, 7) is 5.04. The van der Waals surface area contributed by atoms with Gasteiger partial charge < -0.3 is 5.32 Å². The van der Waals surface area contributed by atoms with Crippen LogP contribution in [0.25, 0.3) is 0 Å². The maximum atomic E-state index is 13.6. The standard InChI is InChI=1S/C15H21F2N/c1-10-5-3-6-12(10)9-18-11(2)13-7-4-8-14(16)15(13)17/h4,7-8,10-12,18H,3,5-6,9H2,1-2H3. The fraction of sp³-hybridized carbons (Fsp3) is 0.600. The Hall–Kier alpha value is -0.960. The molecule has 0 bridgehead atoms. The number of benzene rings is 1. The van der Waals surface area contributed by atoms with Crippen LogP contribution in [0.3, 0.4) is 0 Å². The first-order chi connectivity index (χ1) is 8.59. The highest BCUT2D eigenvalue weighted by molar-refractivity contribution is 5.21. The van der Waals surface area contributed by atoms with E-state index in [1.165, 1.54) is 19.3 Å². The van der Waals surface area contributed by atoms with Gasteiger partial charge in [-0.1, -0.05) is 31.9 Å². The van der Waals surface area contributed by atoms with Gasteiger partial charge in [-0.3, -0.25) is 0 Å². The summed E-state index contributed by atoms with van der Waals surface area (Å²) >= 11 is 0. The Morgan fingerprint density at radius 3 is 2.78 bits per heavy atom. The first kappa shape index (κ1) is 13.5. The summed E-state index contributed by atoms with van der Waals surface area (Å²) in [4.78, 5) is 0. The molecule has 0 spiro atoms. The predicted molar refractivity (Wildman–Crippen MR) is 69.3 cm³/mol. The van der Waals surface area contributed by atoms with Crippen LogP contribution in [0.5, 0.6) is 0 Å². The predicted octanol–water partition coefficient (Wildman–Crippen LogP) is 4.05. The van der Waals surface area contributed by atoms with E-state index in [-0.39, 0.29) is 6.04 Å². The van der Waals surface area contributed by atoms with Gasteiger partial charge in [0, 0.05) is 11.6 Å². The second-order valence-electron chi connectivity index (χ2n) is 5.44. The van der Waals surface area contributed by atoms with Crippen molar-refractivity contribution in [1.82, 2.24) is 5.32 Å². The number of hydrogen-bond acceptors (Lipinski definition) is 1. The molecule has 0 aliphatic heterocycles. The lowest BCUT2D eigenvalue weighted by atomic mass is 9.97. The third-order valence-corrected chi connectivity index (χ3v) is 4.17. The molecule has 0 heterocycles. The SMILES string of the molecule is CC(NCC1CCCC1C)c1cccc(F)c1F. The number of nitrogens with one attached hydrogen (secondary N) is 1. The lowest BCUT2D eigenvalue weighted by Gasteiger charge is -2.20. The van der Waals surface area contributed by atoms with E-state index in [2.05, 4.69) is 12.2 Å². The van der Waals surface area contributed by atoms with Gasteiger partial charge in [-0.25, -0.2) is 8.78 Å². The zero-order valence-electron chi connectivity index (χ0n) is 11.0. The van der Waals surface area contributed by atoms with Gasteiger partial charge in [-0.15, -0.1) is 0 Å². The average molecular weight is 253 g/mol. The topological polar surface area (TPSA) is 12.0 Å². The second kappa shape index (κ2) is 5.79. The highest BCUT2D eigenvalue weighted by Crippen LogP contribution is 2.31. The van der Waals surface area contributed by atoms with Crippen molar-refractivity contribution in [2.45, 2.75) is 39.2 Å². The summed E-state index contributed by atoms with van der Waals surface area (Å²) in [5.41, 5.74) is 0.417. The van der Waals surface area contributed by atoms with E-state index in [9.17, 15) is 8.78 Å². The van der Waals surface area contributed by atoms with Crippen molar-refractivity contribution in [1.29, 1.82) is 0 Å². The fourth-order valence-corrected chi connectivity index (χ4v) is 2.82. The highest BCUT2D eigenvalue weighted by Gasteiger charge is 2.24. The molecule has 1 aromatic carbocycles. The van der Waals surface area contributed by atoms with E-state index in [0.29, 0.717) is 11.5 Å². The molecule has 1 aliphatic carbocycles. The number of rotatable bonds is 4. The van der Waals surface area contributed by atoms with Crippen LogP contribution in [-0.2, 0) is 0 Å². The molecule has 1 aliphatic rings. The van der Waals surface area contributed by atoms with Crippen molar-refractivity contribution in [2.24, 2.45) is 11.8 Å². The minimum Gasteiger partial charge on any atom is -0.310 e. The minimum atomic E-state index is -0.768. The summed E-state index contributed by atoms with van der Waals surface area (Å²) in [5.74, 6) is -0.0847. The molecule has 0 radical (unpaired) electrons. The highest BCUT2D eigenvalue weighted by atomic mass is 19.2. The van der Waals surface area contributed by atoms with Gasteiger partial charge >= 0.3 is 0 Å². The third kappa shape index (κ3) is 2.89. The van der Waals surface area contributed by atoms with E-state index in [4.69, 9.17) is 0 Å². The van der Waals surface area contributed by atoms with Crippen LogP contribution in [0.2, 0.25) is 0 Å². The molecule has 3 atom stereocenters. The molecule has 3 heteroatoms. The maximum absolute atomic E-state index is 13.6. The smallest absolute Gasteiger partial charge is 0.163 e. The van der Waals surface area contributed by atoms with Crippen LogP contribution in [0, 0.1) is 23.5 Å². The molecular weight excluding hydrogens is 232 g/mol. The van der Waals surface area contributed by atoms with E-state index in [1.807, 2.05) is 6.92 Å². The molecule has 100 valence electrons. The Labute approximate surface area is 108 Å². The van der Waals surface area contributed by atoms with Crippen molar-refractivity contribution in [2.75, 3.05) is 6.54 Å². The average Bonchev–Trinajstić information content (AvgIpc) is 2.75. The van der Waals surface area contributed by atoms with Crippen LogP contribution in [0.15, 0.2) is 18.2 Å². The summed E-state index contributed by atoms with van der Waals surface area (Å²) in [7, 11) is 0. The molecule has 1 N–H and O–H groups in total. The molecular formula is C15H21F2N. The minimum absolute atomic E-state index is 0.145. The zero-order chi connectivity index (χ0) is 13.1. The normalized spacial score (nSPS) is 25.3. The molecule has 0 saturated heterocycles. The first-order valence-electron chi connectivity index (χ1n) is 6.77. The van der Waals surface area contributed by atoms with Crippen LogP contribution in [-0.4, -0.2) is 6.54 Å². The van der Waals surface area contributed by atoms with Gasteiger partial charge in [-0.05, 0) is 37.8 Å². The van der Waals surface area contributed by atoms with Crippen LogP contribution in [0.1, 0.15) is 44.7 Å². The van der Waals surface area contributed by atoms with Gasteiger partial charge in [0.1, 0.15) is 0 Å². The quantitative estimate of drug-likeness (QED) is 0.853. The molecule has 0 aromatic heterocycles. The fourth-order valence-electron chi connectivity index (χ4n) is 2.82. The summed E-state index contributed by atoms with van der Waals surface area (Å²) in [6, 6.07) is 4.22. The van der Waals surface area contributed by atoms with Crippen molar-refractivity contribution < 1.29 is 8.78 Å². The molecule has 18 heavy (non-hydrogen) atoms. The van der Waals surface area contributed by atoms with E-state index >= 15 is 0 Å². The van der Waals surface area contributed by atoms with Crippen molar-refractivity contribution in [3.8, 4) is 0 Å². The first-order valence-corrected chi connectivity index (χ1v) is 6.77. The monoisotopic (exact) mass is 253 g/mol. The van der Waals surface area contributed by atoms with Gasteiger partial charge in [0.15, 0.2) is 11.6 Å². The second-order valence-corrected chi connectivity index (χ2v) is 5.44. The maximum Gasteiger partial charge on any atom is 0.163 e.